The molecule has 11 heavy (non-hydrogen) atoms. The average molecular weight is 148 g/mol. The van der Waals surface area contributed by atoms with Gasteiger partial charge in [-0.15, -0.1) is 0 Å². The molecule has 3 rings (SSSR count). The van der Waals surface area contributed by atoms with Crippen molar-refractivity contribution in [3.63, 3.8) is 0 Å². The zero-order chi connectivity index (χ0) is 7.31. The van der Waals surface area contributed by atoms with Crippen LogP contribution in [0.15, 0.2) is 12.2 Å². The Kier molecular flexibility index (Phi) is 1.09. The number of rotatable bonds is 0. The van der Waals surface area contributed by atoms with Crippen molar-refractivity contribution in [2.24, 2.45) is 17.3 Å². The van der Waals surface area contributed by atoms with Gasteiger partial charge in [0.05, 0.1) is 0 Å². The minimum atomic E-state index is 0.736. The number of hydrogen-bond donors (Lipinski definition) is 0. The molecule has 3 atom stereocenters. The Bertz CT molecular complexity index is 204. The highest BCUT2D eigenvalue weighted by Gasteiger charge is 2.51. The molecule has 0 bridgehead atoms. The maximum atomic E-state index is 2.57. The summed E-state index contributed by atoms with van der Waals surface area (Å²) in [6, 6.07) is 0. The molecule has 1 spiro atoms. The predicted molar refractivity (Wildman–Crippen MR) is 46.3 cm³/mol. The monoisotopic (exact) mass is 148 g/mol. The van der Waals surface area contributed by atoms with Crippen molar-refractivity contribution in [2.45, 2.75) is 38.5 Å². The van der Waals surface area contributed by atoms with Crippen LogP contribution >= 0.6 is 0 Å². The lowest BCUT2D eigenvalue weighted by Gasteiger charge is -2.27. The van der Waals surface area contributed by atoms with Crippen molar-refractivity contribution < 1.29 is 0 Å². The second-order valence-electron chi connectivity index (χ2n) is 4.61. The molecule has 0 aliphatic heterocycles. The molecule has 0 amide bonds. The lowest BCUT2D eigenvalue weighted by molar-refractivity contribution is 0.258. The van der Waals surface area contributed by atoms with Gasteiger partial charge < -0.3 is 0 Å². The van der Waals surface area contributed by atoms with Crippen LogP contribution in [0.3, 0.4) is 0 Å². The van der Waals surface area contributed by atoms with E-state index in [1.54, 1.807) is 0 Å². The average Bonchev–Trinajstić information content (AvgIpc) is 2.55. The summed E-state index contributed by atoms with van der Waals surface area (Å²) in [6.07, 6.45) is 14.0. The smallest absolute Gasteiger partial charge is 0.00588 e. The van der Waals surface area contributed by atoms with Gasteiger partial charge in [-0.3, -0.25) is 0 Å². The van der Waals surface area contributed by atoms with E-state index in [4.69, 9.17) is 0 Å². The lowest BCUT2D eigenvalue weighted by atomic mass is 9.77. The van der Waals surface area contributed by atoms with Crippen molar-refractivity contribution in [1.29, 1.82) is 0 Å². The molecule has 60 valence electrons. The van der Waals surface area contributed by atoms with Gasteiger partial charge in [0.1, 0.15) is 0 Å². The summed E-state index contributed by atoms with van der Waals surface area (Å²) in [4.78, 5) is 0. The molecule has 0 radical (unpaired) electrons. The van der Waals surface area contributed by atoms with E-state index < -0.39 is 0 Å². The zero-order valence-electron chi connectivity index (χ0n) is 7.05. The summed E-state index contributed by atoms with van der Waals surface area (Å²) >= 11 is 0. The van der Waals surface area contributed by atoms with Crippen molar-refractivity contribution >= 4 is 0 Å². The van der Waals surface area contributed by atoms with E-state index >= 15 is 0 Å². The Morgan fingerprint density at radius 3 is 3.00 bits per heavy atom. The summed E-state index contributed by atoms with van der Waals surface area (Å²) in [5, 5.41) is 0. The fraction of sp³-hybridized carbons (Fsp3) is 0.818. The molecule has 0 heteroatoms. The summed E-state index contributed by atoms with van der Waals surface area (Å²) in [6.45, 7) is 0. The fourth-order valence-electron chi connectivity index (χ4n) is 3.89. The third-order valence-electron chi connectivity index (χ3n) is 4.39. The van der Waals surface area contributed by atoms with Crippen LogP contribution in [0.1, 0.15) is 38.5 Å². The first-order valence-corrected chi connectivity index (χ1v) is 5.09. The van der Waals surface area contributed by atoms with Crippen LogP contribution in [0.4, 0.5) is 0 Å². The maximum Gasteiger partial charge on any atom is -0.00588 e. The largest absolute Gasteiger partial charge is 0.0877 e. The van der Waals surface area contributed by atoms with Gasteiger partial charge in [-0.1, -0.05) is 18.6 Å². The minimum absolute atomic E-state index is 0.736. The van der Waals surface area contributed by atoms with E-state index in [0.717, 1.165) is 17.3 Å². The Balaban J connectivity index is 2.03. The highest BCUT2D eigenvalue weighted by molar-refractivity contribution is 5.18. The molecule has 0 saturated heterocycles. The van der Waals surface area contributed by atoms with Crippen LogP contribution in [-0.2, 0) is 0 Å². The van der Waals surface area contributed by atoms with Gasteiger partial charge >= 0.3 is 0 Å². The maximum absolute atomic E-state index is 2.57. The van der Waals surface area contributed by atoms with Gasteiger partial charge in [0.2, 0.25) is 0 Å². The third-order valence-corrected chi connectivity index (χ3v) is 4.39. The lowest BCUT2D eigenvalue weighted by Crippen LogP contribution is -2.21. The second-order valence-corrected chi connectivity index (χ2v) is 4.61. The van der Waals surface area contributed by atoms with Crippen LogP contribution in [0.2, 0.25) is 0 Å². The highest BCUT2D eigenvalue weighted by Crippen LogP contribution is 2.61. The van der Waals surface area contributed by atoms with E-state index in [-0.39, 0.29) is 0 Å². The van der Waals surface area contributed by atoms with Gasteiger partial charge in [-0.2, -0.15) is 0 Å². The first-order valence-electron chi connectivity index (χ1n) is 5.09. The summed E-state index contributed by atoms with van der Waals surface area (Å²) in [5.74, 6) is 2.15. The van der Waals surface area contributed by atoms with Crippen LogP contribution in [0, 0.1) is 17.3 Å². The van der Waals surface area contributed by atoms with Gasteiger partial charge in [0.15, 0.2) is 0 Å². The molecule has 0 aromatic carbocycles. The topological polar surface area (TPSA) is 0 Å². The first-order chi connectivity index (χ1) is 5.42. The van der Waals surface area contributed by atoms with E-state index in [0.29, 0.717) is 0 Å². The van der Waals surface area contributed by atoms with Crippen LogP contribution in [0.5, 0.6) is 0 Å². The Morgan fingerprint density at radius 2 is 2.00 bits per heavy atom. The third kappa shape index (κ3) is 0.617. The zero-order valence-corrected chi connectivity index (χ0v) is 7.05. The normalized spacial score (nSPS) is 53.1. The quantitative estimate of drug-likeness (QED) is 0.463. The van der Waals surface area contributed by atoms with Crippen molar-refractivity contribution in [1.82, 2.24) is 0 Å². The van der Waals surface area contributed by atoms with E-state index in [1.165, 1.54) is 38.5 Å². The van der Waals surface area contributed by atoms with Gasteiger partial charge in [0.25, 0.3) is 0 Å². The summed E-state index contributed by atoms with van der Waals surface area (Å²) in [5.41, 5.74) is 0.736. The minimum Gasteiger partial charge on any atom is -0.0877 e. The second kappa shape index (κ2) is 1.91. The molecule has 3 unspecified atom stereocenters. The highest BCUT2D eigenvalue weighted by atomic mass is 14.6. The molecule has 0 aromatic rings. The SMILES string of the molecule is C1=CC23CCCC2CCC3C1. The van der Waals surface area contributed by atoms with Gasteiger partial charge in [-0.25, -0.2) is 0 Å². The molecular formula is C11H16. The molecule has 2 saturated carbocycles. The fourth-order valence-corrected chi connectivity index (χ4v) is 3.89. The molecule has 0 N–H and O–H groups in total. The van der Waals surface area contributed by atoms with E-state index in [2.05, 4.69) is 12.2 Å². The van der Waals surface area contributed by atoms with Crippen LogP contribution in [-0.4, -0.2) is 0 Å². The molecular weight excluding hydrogens is 132 g/mol. The molecule has 0 heterocycles. The molecule has 2 fully saturated rings. The van der Waals surface area contributed by atoms with E-state index in [9.17, 15) is 0 Å². The molecule has 0 nitrogen and oxygen atoms in total. The number of allylic oxidation sites excluding steroid dienone is 2. The Labute approximate surface area is 68.7 Å². The molecule has 3 aliphatic carbocycles. The Hall–Kier alpha value is -0.260. The van der Waals surface area contributed by atoms with Gasteiger partial charge in [0, 0.05) is 0 Å². The van der Waals surface area contributed by atoms with Crippen molar-refractivity contribution in [3.8, 4) is 0 Å². The van der Waals surface area contributed by atoms with Crippen molar-refractivity contribution in [3.05, 3.63) is 12.2 Å². The van der Waals surface area contributed by atoms with Crippen LogP contribution < -0.4 is 0 Å². The Morgan fingerprint density at radius 1 is 1.09 bits per heavy atom. The van der Waals surface area contributed by atoms with Crippen LogP contribution in [0.25, 0.3) is 0 Å². The molecule has 0 aromatic heterocycles. The standard InChI is InChI=1S/C11H16/c1-3-9-5-6-10-4-2-8-11(9,10)7-1/h1,7,9-10H,2-6,8H2. The molecule has 3 aliphatic rings. The first kappa shape index (κ1) is 6.28. The predicted octanol–water partition coefficient (Wildman–Crippen LogP) is 3.14. The van der Waals surface area contributed by atoms with Crippen molar-refractivity contribution in [2.75, 3.05) is 0 Å². The number of hydrogen-bond acceptors (Lipinski definition) is 0. The summed E-state index contributed by atoms with van der Waals surface area (Å²) < 4.78 is 0. The summed E-state index contributed by atoms with van der Waals surface area (Å²) in [7, 11) is 0. The van der Waals surface area contributed by atoms with E-state index in [1.807, 2.05) is 0 Å². The van der Waals surface area contributed by atoms with Gasteiger partial charge in [-0.05, 0) is 49.4 Å².